The second-order valence-corrected chi connectivity index (χ2v) is 8.73. The van der Waals surface area contributed by atoms with Crippen molar-refractivity contribution in [1.82, 2.24) is 15.2 Å². The van der Waals surface area contributed by atoms with E-state index in [0.29, 0.717) is 34.3 Å². The van der Waals surface area contributed by atoms with Crippen molar-refractivity contribution in [2.24, 2.45) is 0 Å². The minimum Gasteiger partial charge on any atom is -0.326 e. The predicted molar refractivity (Wildman–Crippen MR) is 140 cm³/mol. The normalized spacial score (nSPS) is 10.6. The molecular weight excluding hydrogens is 458 g/mol. The Hall–Kier alpha value is -4.04. The van der Waals surface area contributed by atoms with Crippen LogP contribution in [0.2, 0.25) is 0 Å². The molecule has 0 atom stereocenters. The zero-order chi connectivity index (χ0) is 24.6. The van der Waals surface area contributed by atoms with Crippen LogP contribution in [0.4, 0.5) is 11.4 Å². The van der Waals surface area contributed by atoms with Gasteiger partial charge in [-0.25, -0.2) is 4.98 Å². The Balaban J connectivity index is 1.49. The first-order valence-corrected chi connectivity index (χ1v) is 12.2. The molecule has 0 aliphatic carbocycles. The summed E-state index contributed by atoms with van der Waals surface area (Å²) in [5, 5.41) is 14.8. The van der Waals surface area contributed by atoms with Crippen LogP contribution >= 0.6 is 11.8 Å². The van der Waals surface area contributed by atoms with E-state index in [1.54, 1.807) is 19.1 Å². The van der Waals surface area contributed by atoms with Crippen molar-refractivity contribution in [2.45, 2.75) is 25.4 Å². The maximum absolute atomic E-state index is 12.6. The molecule has 0 spiro atoms. The number of benzene rings is 3. The molecule has 1 heterocycles. The van der Waals surface area contributed by atoms with Gasteiger partial charge in [-0.3, -0.25) is 9.59 Å². The monoisotopic (exact) mass is 483 g/mol. The van der Waals surface area contributed by atoms with Crippen molar-refractivity contribution in [2.75, 3.05) is 16.4 Å². The highest BCUT2D eigenvalue weighted by atomic mass is 32.2. The highest BCUT2D eigenvalue weighted by Crippen LogP contribution is 2.29. The van der Waals surface area contributed by atoms with E-state index in [2.05, 4.69) is 20.8 Å². The first kappa shape index (κ1) is 24.1. The van der Waals surface area contributed by atoms with Crippen LogP contribution in [0.5, 0.6) is 0 Å². The van der Waals surface area contributed by atoms with Gasteiger partial charge < -0.3 is 10.6 Å². The largest absolute Gasteiger partial charge is 0.326 e. The summed E-state index contributed by atoms with van der Waals surface area (Å²) in [5.41, 5.74) is 5.46. The molecule has 0 saturated carbocycles. The summed E-state index contributed by atoms with van der Waals surface area (Å²) in [6, 6.07) is 25.0. The number of aromatic nitrogens is 3. The average Bonchev–Trinajstić information content (AvgIpc) is 2.90. The van der Waals surface area contributed by atoms with E-state index in [1.807, 2.05) is 73.7 Å². The summed E-state index contributed by atoms with van der Waals surface area (Å²) in [5.74, 6) is -0.168. The fourth-order valence-corrected chi connectivity index (χ4v) is 3.95. The second kappa shape index (κ2) is 11.4. The van der Waals surface area contributed by atoms with Crippen molar-refractivity contribution in [3.63, 3.8) is 0 Å². The molecule has 1 aromatic heterocycles. The van der Waals surface area contributed by atoms with Crippen molar-refractivity contribution in [3.8, 4) is 22.5 Å². The molecule has 0 fully saturated rings. The fraction of sp³-hybridized carbons (Fsp3) is 0.148. The van der Waals surface area contributed by atoms with Crippen molar-refractivity contribution in [1.29, 1.82) is 0 Å². The lowest BCUT2D eigenvalue weighted by Crippen LogP contribution is -2.15. The Morgan fingerprint density at radius 3 is 2.11 bits per heavy atom. The molecule has 35 heavy (non-hydrogen) atoms. The highest BCUT2D eigenvalue weighted by molar-refractivity contribution is 7.99. The number of nitrogens with one attached hydrogen (secondary N) is 2. The van der Waals surface area contributed by atoms with Gasteiger partial charge in [0.1, 0.15) is 11.4 Å². The third-order valence-corrected chi connectivity index (χ3v) is 6.05. The maximum Gasteiger partial charge on any atom is 0.234 e. The summed E-state index contributed by atoms with van der Waals surface area (Å²) < 4.78 is 0. The minimum absolute atomic E-state index is 0.0787. The van der Waals surface area contributed by atoms with E-state index in [-0.39, 0.29) is 17.6 Å². The number of aryl methyl sites for hydroxylation is 1. The van der Waals surface area contributed by atoms with Crippen LogP contribution < -0.4 is 10.6 Å². The molecule has 0 unspecified atom stereocenters. The quantitative estimate of drug-likeness (QED) is 0.317. The molecule has 0 radical (unpaired) electrons. The first-order valence-electron chi connectivity index (χ1n) is 11.2. The molecule has 0 aliphatic rings. The molecule has 7 nitrogen and oxygen atoms in total. The van der Waals surface area contributed by atoms with Gasteiger partial charge in [0, 0.05) is 28.9 Å². The molecule has 176 valence electrons. The summed E-state index contributed by atoms with van der Waals surface area (Å²) in [4.78, 5) is 29.1. The van der Waals surface area contributed by atoms with Crippen LogP contribution in [-0.4, -0.2) is 32.7 Å². The zero-order valence-corrected chi connectivity index (χ0v) is 20.3. The molecule has 3 aromatic carbocycles. The Labute approximate surface area is 208 Å². The van der Waals surface area contributed by atoms with Gasteiger partial charge in [0.25, 0.3) is 0 Å². The summed E-state index contributed by atoms with van der Waals surface area (Å²) >= 11 is 1.22. The predicted octanol–water partition coefficient (Wildman–Crippen LogP) is 5.59. The Morgan fingerprint density at radius 2 is 1.46 bits per heavy atom. The van der Waals surface area contributed by atoms with Crippen molar-refractivity contribution >= 4 is 35.0 Å². The van der Waals surface area contributed by atoms with Gasteiger partial charge in [0.15, 0.2) is 0 Å². The molecule has 0 aliphatic heterocycles. The molecule has 4 rings (SSSR count). The Morgan fingerprint density at radius 1 is 0.800 bits per heavy atom. The number of anilines is 2. The van der Waals surface area contributed by atoms with Crippen LogP contribution in [0.15, 0.2) is 84.0 Å². The van der Waals surface area contributed by atoms with Gasteiger partial charge >= 0.3 is 0 Å². The highest BCUT2D eigenvalue weighted by Gasteiger charge is 2.15. The van der Waals surface area contributed by atoms with Crippen molar-refractivity contribution < 1.29 is 9.59 Å². The number of rotatable bonds is 8. The number of nitrogens with zero attached hydrogens (tertiary/aromatic N) is 3. The number of hydrogen-bond donors (Lipinski definition) is 2. The minimum atomic E-state index is -0.205. The number of hydrogen-bond acceptors (Lipinski definition) is 6. The number of carbonyl (C=O) groups is 2. The first-order chi connectivity index (χ1) is 17.0. The third kappa shape index (κ3) is 6.30. The van der Waals surface area contributed by atoms with Gasteiger partial charge in [-0.05, 0) is 24.6 Å². The number of amides is 2. The lowest BCUT2D eigenvalue weighted by Gasteiger charge is -2.11. The lowest BCUT2D eigenvalue weighted by atomic mass is 10.0. The standard InChI is InChI=1S/C27H25N5O2S/c1-3-23(33)29-22-16-21(15-14-18(22)2)28-24(34)17-35-27-30-25(19-10-6-4-7-11-19)26(31-32-27)20-12-8-5-9-13-20/h4-16H,3,17H2,1-2H3,(H,28,34)(H,29,33). The van der Waals surface area contributed by atoms with E-state index < -0.39 is 0 Å². The molecule has 8 heteroatoms. The van der Waals surface area contributed by atoms with Crippen LogP contribution in [0, 0.1) is 6.92 Å². The van der Waals surface area contributed by atoms with Gasteiger partial charge in [-0.15, -0.1) is 10.2 Å². The van der Waals surface area contributed by atoms with E-state index in [1.165, 1.54) is 11.8 Å². The molecule has 0 bridgehead atoms. The lowest BCUT2D eigenvalue weighted by molar-refractivity contribution is -0.116. The summed E-state index contributed by atoms with van der Waals surface area (Å²) in [6.07, 6.45) is 0.384. The van der Waals surface area contributed by atoms with Crippen LogP contribution in [0.3, 0.4) is 0 Å². The summed E-state index contributed by atoms with van der Waals surface area (Å²) in [7, 11) is 0. The molecular formula is C27H25N5O2S. The van der Waals surface area contributed by atoms with Crippen LogP contribution in [-0.2, 0) is 9.59 Å². The molecule has 2 N–H and O–H groups in total. The maximum atomic E-state index is 12.6. The van der Waals surface area contributed by atoms with E-state index in [4.69, 9.17) is 4.98 Å². The van der Waals surface area contributed by atoms with Crippen LogP contribution in [0.25, 0.3) is 22.5 Å². The molecule has 2 amide bonds. The Kier molecular flexibility index (Phi) is 7.84. The van der Waals surface area contributed by atoms with Crippen molar-refractivity contribution in [3.05, 3.63) is 84.4 Å². The topological polar surface area (TPSA) is 96.9 Å². The number of carbonyl (C=O) groups excluding carboxylic acids is 2. The van der Waals surface area contributed by atoms with E-state index in [0.717, 1.165) is 16.7 Å². The second-order valence-electron chi connectivity index (χ2n) is 7.79. The third-order valence-electron chi connectivity index (χ3n) is 5.21. The van der Waals surface area contributed by atoms with Gasteiger partial charge in [0.05, 0.1) is 5.75 Å². The van der Waals surface area contributed by atoms with Gasteiger partial charge in [0.2, 0.25) is 17.0 Å². The molecule has 4 aromatic rings. The number of thioether (sulfide) groups is 1. The van der Waals surface area contributed by atoms with E-state index in [9.17, 15) is 9.59 Å². The SMILES string of the molecule is CCC(=O)Nc1cc(NC(=O)CSc2nnc(-c3ccccc3)c(-c3ccccc3)n2)ccc1C. The van der Waals surface area contributed by atoms with Gasteiger partial charge in [-0.1, -0.05) is 85.4 Å². The van der Waals surface area contributed by atoms with E-state index >= 15 is 0 Å². The average molecular weight is 484 g/mol. The van der Waals surface area contributed by atoms with Gasteiger partial charge in [-0.2, -0.15) is 0 Å². The summed E-state index contributed by atoms with van der Waals surface area (Å²) in [6.45, 7) is 3.69. The van der Waals surface area contributed by atoms with Crippen LogP contribution in [0.1, 0.15) is 18.9 Å². The zero-order valence-electron chi connectivity index (χ0n) is 19.5. The molecule has 0 saturated heterocycles. The smallest absolute Gasteiger partial charge is 0.234 e. The fourth-order valence-electron chi connectivity index (χ4n) is 3.36. The Bertz CT molecular complexity index is 1330.